The lowest BCUT2D eigenvalue weighted by Crippen LogP contribution is -2.31. The third-order valence-electron chi connectivity index (χ3n) is 4.11. The molecule has 0 atom stereocenters. The number of hydrogen-bond donors (Lipinski definition) is 1. The van der Waals surface area contributed by atoms with Gasteiger partial charge in [0, 0.05) is 18.8 Å². The van der Waals surface area contributed by atoms with E-state index in [9.17, 15) is 13.2 Å². The van der Waals surface area contributed by atoms with Crippen LogP contribution in [0, 0.1) is 0 Å². The maximum absolute atomic E-state index is 12.7. The van der Waals surface area contributed by atoms with E-state index >= 15 is 0 Å². The highest BCUT2D eigenvalue weighted by molar-refractivity contribution is 9.11. The zero-order chi connectivity index (χ0) is 17.9. The van der Waals surface area contributed by atoms with Crippen molar-refractivity contribution in [2.45, 2.75) is 30.6 Å². The first-order valence-electron chi connectivity index (χ1n) is 8.14. The maximum Gasteiger partial charge on any atom is 0.265 e. The Kier molecular flexibility index (Phi) is 5.93. The van der Waals surface area contributed by atoms with E-state index in [4.69, 9.17) is 0 Å². The SMILES string of the molecule is O=C(Nc1ccc(S(=O)(=O)N2CCCCCC2)cc1)c1ccc(Br)s1. The molecule has 25 heavy (non-hydrogen) atoms. The molecule has 0 saturated carbocycles. The van der Waals surface area contributed by atoms with E-state index in [0.29, 0.717) is 23.7 Å². The molecule has 1 aromatic heterocycles. The zero-order valence-corrected chi connectivity index (χ0v) is 16.8. The molecule has 0 unspecified atom stereocenters. The van der Waals surface area contributed by atoms with Gasteiger partial charge in [-0.25, -0.2) is 8.42 Å². The fourth-order valence-electron chi connectivity index (χ4n) is 2.77. The number of anilines is 1. The quantitative estimate of drug-likeness (QED) is 0.765. The Labute approximate surface area is 160 Å². The van der Waals surface area contributed by atoms with Crippen LogP contribution in [0.5, 0.6) is 0 Å². The summed E-state index contributed by atoms with van der Waals surface area (Å²) in [5.41, 5.74) is 0.573. The van der Waals surface area contributed by atoms with E-state index in [0.717, 1.165) is 29.5 Å². The number of carbonyl (C=O) groups is 1. The topological polar surface area (TPSA) is 66.5 Å². The van der Waals surface area contributed by atoms with Gasteiger partial charge in [-0.15, -0.1) is 11.3 Å². The maximum atomic E-state index is 12.7. The van der Waals surface area contributed by atoms with Gasteiger partial charge in [0.15, 0.2) is 0 Å². The minimum Gasteiger partial charge on any atom is -0.321 e. The first-order valence-corrected chi connectivity index (χ1v) is 11.2. The highest BCUT2D eigenvalue weighted by Crippen LogP contribution is 2.24. The average Bonchev–Trinajstić information content (AvgIpc) is 2.85. The standard InChI is InChI=1S/C17H19BrN2O3S2/c18-16-10-9-15(24-16)17(21)19-13-5-7-14(8-6-13)25(22,23)20-11-3-1-2-4-12-20/h5-10H,1-4,11-12H2,(H,19,21). The number of nitrogens with zero attached hydrogens (tertiary/aromatic N) is 1. The average molecular weight is 443 g/mol. The summed E-state index contributed by atoms with van der Waals surface area (Å²) in [7, 11) is -3.46. The predicted molar refractivity (Wildman–Crippen MR) is 104 cm³/mol. The van der Waals surface area contributed by atoms with Crippen LogP contribution >= 0.6 is 27.3 Å². The molecule has 1 N–H and O–H groups in total. The van der Waals surface area contributed by atoms with E-state index in [1.165, 1.54) is 11.3 Å². The molecule has 8 heteroatoms. The van der Waals surface area contributed by atoms with Crippen molar-refractivity contribution in [1.82, 2.24) is 4.31 Å². The van der Waals surface area contributed by atoms with Gasteiger partial charge < -0.3 is 5.32 Å². The van der Waals surface area contributed by atoms with E-state index in [-0.39, 0.29) is 10.8 Å². The fraction of sp³-hybridized carbons (Fsp3) is 0.353. The summed E-state index contributed by atoms with van der Waals surface area (Å²) in [6.45, 7) is 1.15. The van der Waals surface area contributed by atoms with Gasteiger partial charge in [0.25, 0.3) is 5.91 Å². The number of amides is 1. The molecule has 134 valence electrons. The Hall–Kier alpha value is -1.22. The number of hydrogen-bond acceptors (Lipinski definition) is 4. The Morgan fingerprint density at radius 1 is 1.00 bits per heavy atom. The second-order valence-electron chi connectivity index (χ2n) is 5.90. The van der Waals surface area contributed by atoms with Gasteiger partial charge in [0.2, 0.25) is 10.0 Å². The van der Waals surface area contributed by atoms with Crippen LogP contribution in [0.25, 0.3) is 0 Å². The second kappa shape index (κ2) is 7.99. The highest BCUT2D eigenvalue weighted by atomic mass is 79.9. The van der Waals surface area contributed by atoms with Crippen molar-refractivity contribution in [3.63, 3.8) is 0 Å². The van der Waals surface area contributed by atoms with Crippen LogP contribution in [-0.2, 0) is 10.0 Å². The van der Waals surface area contributed by atoms with E-state index < -0.39 is 10.0 Å². The summed E-state index contributed by atoms with van der Waals surface area (Å²) in [6, 6.07) is 9.93. The summed E-state index contributed by atoms with van der Waals surface area (Å²) in [6.07, 6.45) is 3.97. The third-order valence-corrected chi connectivity index (χ3v) is 7.65. The summed E-state index contributed by atoms with van der Waals surface area (Å²) < 4.78 is 27.9. The number of nitrogens with one attached hydrogen (secondary N) is 1. The number of rotatable bonds is 4. The molecule has 1 aromatic carbocycles. The Bertz CT molecular complexity index is 839. The van der Waals surface area contributed by atoms with Gasteiger partial charge in [-0.05, 0) is 65.2 Å². The van der Waals surface area contributed by atoms with Gasteiger partial charge >= 0.3 is 0 Å². The molecule has 0 spiro atoms. The molecule has 2 aromatic rings. The largest absolute Gasteiger partial charge is 0.321 e. The molecule has 2 heterocycles. The van der Waals surface area contributed by atoms with Crippen molar-refractivity contribution < 1.29 is 13.2 Å². The lowest BCUT2D eigenvalue weighted by molar-refractivity contribution is 0.103. The summed E-state index contributed by atoms with van der Waals surface area (Å²) >= 11 is 4.67. The van der Waals surface area contributed by atoms with E-state index in [1.54, 1.807) is 34.6 Å². The number of benzene rings is 1. The lowest BCUT2D eigenvalue weighted by atomic mass is 10.2. The number of thiophene rings is 1. The Balaban J connectivity index is 1.72. The number of halogens is 1. The lowest BCUT2D eigenvalue weighted by Gasteiger charge is -2.20. The molecule has 1 amide bonds. The summed E-state index contributed by atoms with van der Waals surface area (Å²) in [4.78, 5) is 13.0. The van der Waals surface area contributed by atoms with Crippen molar-refractivity contribution in [3.05, 3.63) is 45.1 Å². The molecule has 1 fully saturated rings. The molecule has 0 bridgehead atoms. The van der Waals surface area contributed by atoms with Crippen LogP contribution < -0.4 is 5.32 Å². The normalized spacial score (nSPS) is 16.4. The second-order valence-corrected chi connectivity index (χ2v) is 10.3. The van der Waals surface area contributed by atoms with E-state index in [2.05, 4.69) is 21.2 Å². The summed E-state index contributed by atoms with van der Waals surface area (Å²) in [5.74, 6) is -0.209. The van der Waals surface area contributed by atoms with Gasteiger partial charge in [-0.2, -0.15) is 4.31 Å². The molecule has 5 nitrogen and oxygen atoms in total. The summed E-state index contributed by atoms with van der Waals surface area (Å²) in [5, 5.41) is 2.78. The van der Waals surface area contributed by atoms with Crippen molar-refractivity contribution in [2.75, 3.05) is 18.4 Å². The molecular weight excluding hydrogens is 424 g/mol. The zero-order valence-electron chi connectivity index (χ0n) is 13.6. The van der Waals surface area contributed by atoms with Crippen LogP contribution in [0.15, 0.2) is 45.1 Å². The van der Waals surface area contributed by atoms with Crippen LogP contribution in [0.2, 0.25) is 0 Å². The van der Waals surface area contributed by atoms with Crippen LogP contribution in [0.3, 0.4) is 0 Å². The Morgan fingerprint density at radius 3 is 2.20 bits per heavy atom. The molecule has 0 aliphatic carbocycles. The van der Waals surface area contributed by atoms with Crippen molar-refractivity contribution in [2.24, 2.45) is 0 Å². The van der Waals surface area contributed by atoms with Gasteiger partial charge in [-0.1, -0.05) is 12.8 Å². The first-order chi connectivity index (χ1) is 12.0. The molecule has 1 saturated heterocycles. The van der Waals surface area contributed by atoms with Crippen molar-refractivity contribution >= 4 is 48.9 Å². The van der Waals surface area contributed by atoms with Gasteiger partial charge in [-0.3, -0.25) is 4.79 Å². The minimum absolute atomic E-state index is 0.209. The molecule has 1 aliphatic rings. The minimum atomic E-state index is -3.46. The first kappa shape index (κ1) is 18.6. The van der Waals surface area contributed by atoms with Crippen molar-refractivity contribution in [1.29, 1.82) is 0 Å². The molecule has 3 rings (SSSR count). The highest BCUT2D eigenvalue weighted by Gasteiger charge is 2.25. The molecule has 1 aliphatic heterocycles. The van der Waals surface area contributed by atoms with Gasteiger partial charge in [0.1, 0.15) is 0 Å². The van der Waals surface area contributed by atoms with Crippen LogP contribution in [-0.4, -0.2) is 31.7 Å². The third kappa shape index (κ3) is 4.49. The Morgan fingerprint density at radius 2 is 1.64 bits per heavy atom. The van der Waals surface area contributed by atoms with Crippen molar-refractivity contribution in [3.8, 4) is 0 Å². The number of sulfonamides is 1. The van der Waals surface area contributed by atoms with Crippen LogP contribution in [0.1, 0.15) is 35.4 Å². The van der Waals surface area contributed by atoms with Crippen LogP contribution in [0.4, 0.5) is 5.69 Å². The predicted octanol–water partition coefficient (Wildman–Crippen LogP) is 4.33. The number of carbonyl (C=O) groups excluding carboxylic acids is 1. The van der Waals surface area contributed by atoms with Gasteiger partial charge in [0.05, 0.1) is 13.6 Å². The molecule has 0 radical (unpaired) electrons. The monoisotopic (exact) mass is 442 g/mol. The smallest absolute Gasteiger partial charge is 0.265 e. The fourth-order valence-corrected chi connectivity index (χ4v) is 5.57. The molecular formula is C17H19BrN2O3S2. The van der Waals surface area contributed by atoms with E-state index in [1.807, 2.05) is 6.07 Å².